The van der Waals surface area contributed by atoms with Gasteiger partial charge in [0, 0.05) is 38.2 Å². The van der Waals surface area contributed by atoms with Gasteiger partial charge in [0.2, 0.25) is 5.91 Å². The quantitative estimate of drug-likeness (QED) is 0.843. The molecule has 1 aliphatic rings. The van der Waals surface area contributed by atoms with E-state index in [1.54, 1.807) is 11.8 Å². The van der Waals surface area contributed by atoms with Crippen LogP contribution in [0.15, 0.2) is 42.5 Å². The summed E-state index contributed by atoms with van der Waals surface area (Å²) in [5.41, 5.74) is 2.17. The molecule has 0 fully saturated rings. The zero-order valence-corrected chi connectivity index (χ0v) is 12.9. The lowest BCUT2D eigenvalue weighted by atomic mass is 10.1. The average molecular weight is 316 g/mol. The third-order valence-electron chi connectivity index (χ3n) is 4.08. The average Bonchev–Trinajstić information content (AvgIpc) is 2.70. The van der Waals surface area contributed by atoms with Crippen molar-refractivity contribution in [3.05, 3.63) is 59.7 Å². The van der Waals surface area contributed by atoms with Crippen molar-refractivity contribution < 1.29 is 13.6 Å². The van der Waals surface area contributed by atoms with Gasteiger partial charge in [0.15, 0.2) is 0 Å². The molecule has 1 heterocycles. The molecule has 2 aromatic rings. The van der Waals surface area contributed by atoms with Crippen LogP contribution in [-0.4, -0.2) is 19.0 Å². The summed E-state index contributed by atoms with van der Waals surface area (Å²) in [7, 11) is 0. The maximum absolute atomic E-state index is 14.0. The molecule has 3 nitrogen and oxygen atoms in total. The zero-order valence-electron chi connectivity index (χ0n) is 12.9. The summed E-state index contributed by atoms with van der Waals surface area (Å²) in [6, 6.07) is 11.3. The molecule has 0 saturated carbocycles. The fraction of sp³-hybridized carbons (Fsp3) is 0.278. The van der Waals surface area contributed by atoms with Gasteiger partial charge < -0.3 is 9.80 Å². The molecule has 0 N–H and O–H groups in total. The molecule has 0 unspecified atom stereocenters. The van der Waals surface area contributed by atoms with Crippen LogP contribution in [0.1, 0.15) is 18.9 Å². The first-order valence-corrected chi connectivity index (χ1v) is 7.62. The number of hydrogen-bond donors (Lipinski definition) is 0. The van der Waals surface area contributed by atoms with Crippen molar-refractivity contribution in [3.8, 4) is 0 Å². The second-order valence-corrected chi connectivity index (χ2v) is 5.67. The number of carbonyl (C=O) groups excluding carboxylic acids is 1. The van der Waals surface area contributed by atoms with E-state index >= 15 is 0 Å². The monoisotopic (exact) mass is 316 g/mol. The smallest absolute Gasteiger partial charge is 0.223 e. The van der Waals surface area contributed by atoms with Crippen LogP contribution in [0.25, 0.3) is 0 Å². The highest BCUT2D eigenvalue weighted by Gasteiger charge is 2.23. The minimum Gasteiger partial charge on any atom is -0.365 e. The standard InChI is InChI=1S/C18H18F2N2O/c1-13(23)22-10-4-9-21(17-5-2-3-6-18(17)22)12-14-7-8-15(19)11-16(14)20/h2-3,5-8,11H,4,9-10,12H2,1H3. The van der Waals surface area contributed by atoms with E-state index in [2.05, 4.69) is 0 Å². The first-order chi connectivity index (χ1) is 11.1. The Balaban J connectivity index is 1.96. The van der Waals surface area contributed by atoms with Crippen molar-refractivity contribution in [1.29, 1.82) is 0 Å². The first kappa shape index (κ1) is 15.5. The Morgan fingerprint density at radius 3 is 2.52 bits per heavy atom. The van der Waals surface area contributed by atoms with Crippen molar-refractivity contribution in [2.45, 2.75) is 19.9 Å². The Bertz CT molecular complexity index is 733. The van der Waals surface area contributed by atoms with Crippen molar-refractivity contribution in [1.82, 2.24) is 0 Å². The third kappa shape index (κ3) is 3.18. The molecule has 0 saturated heterocycles. The molecule has 2 aromatic carbocycles. The Labute approximate surface area is 134 Å². The molecule has 3 rings (SSSR count). The fourth-order valence-corrected chi connectivity index (χ4v) is 2.97. The molecule has 0 spiro atoms. The lowest BCUT2D eigenvalue weighted by Gasteiger charge is -2.26. The van der Waals surface area contributed by atoms with Gasteiger partial charge in [-0.2, -0.15) is 0 Å². The molecule has 0 radical (unpaired) electrons. The van der Waals surface area contributed by atoms with Gasteiger partial charge in [-0.15, -0.1) is 0 Å². The van der Waals surface area contributed by atoms with E-state index in [9.17, 15) is 13.6 Å². The van der Waals surface area contributed by atoms with E-state index in [-0.39, 0.29) is 5.91 Å². The predicted molar refractivity (Wildman–Crippen MR) is 86.5 cm³/mol. The first-order valence-electron chi connectivity index (χ1n) is 7.62. The van der Waals surface area contributed by atoms with Crippen LogP contribution in [-0.2, 0) is 11.3 Å². The number of benzene rings is 2. The van der Waals surface area contributed by atoms with Crippen molar-refractivity contribution in [2.24, 2.45) is 0 Å². The highest BCUT2D eigenvalue weighted by molar-refractivity contribution is 5.95. The van der Waals surface area contributed by atoms with Gasteiger partial charge >= 0.3 is 0 Å². The van der Waals surface area contributed by atoms with Crippen molar-refractivity contribution in [3.63, 3.8) is 0 Å². The SMILES string of the molecule is CC(=O)N1CCCN(Cc2ccc(F)cc2F)c2ccccc21. The molecule has 0 aliphatic carbocycles. The summed E-state index contributed by atoms with van der Waals surface area (Å²) in [5, 5.41) is 0. The third-order valence-corrected chi connectivity index (χ3v) is 4.08. The number of rotatable bonds is 2. The second-order valence-electron chi connectivity index (χ2n) is 5.67. The van der Waals surface area contributed by atoms with E-state index in [4.69, 9.17) is 0 Å². The van der Waals surface area contributed by atoms with E-state index in [0.717, 1.165) is 23.9 Å². The fourth-order valence-electron chi connectivity index (χ4n) is 2.97. The highest BCUT2D eigenvalue weighted by Crippen LogP contribution is 2.33. The summed E-state index contributed by atoms with van der Waals surface area (Å²) in [5.74, 6) is -1.13. The largest absolute Gasteiger partial charge is 0.365 e. The van der Waals surface area contributed by atoms with Gasteiger partial charge in [0.25, 0.3) is 0 Å². The van der Waals surface area contributed by atoms with Gasteiger partial charge in [0.05, 0.1) is 11.4 Å². The summed E-state index contributed by atoms with van der Waals surface area (Å²) in [4.78, 5) is 15.7. The number of nitrogens with zero attached hydrogens (tertiary/aromatic N) is 2. The number of hydrogen-bond acceptors (Lipinski definition) is 2. The molecule has 0 aromatic heterocycles. The zero-order chi connectivity index (χ0) is 16.4. The Hall–Kier alpha value is -2.43. The van der Waals surface area contributed by atoms with Crippen molar-refractivity contribution in [2.75, 3.05) is 22.9 Å². The van der Waals surface area contributed by atoms with Crippen LogP contribution < -0.4 is 9.80 Å². The molecular formula is C18H18F2N2O. The van der Waals surface area contributed by atoms with Crippen LogP contribution in [0.4, 0.5) is 20.2 Å². The second kappa shape index (κ2) is 6.36. The molecule has 23 heavy (non-hydrogen) atoms. The Kier molecular flexibility index (Phi) is 4.28. The van der Waals surface area contributed by atoms with Gasteiger partial charge in [-0.3, -0.25) is 4.79 Å². The lowest BCUT2D eigenvalue weighted by molar-refractivity contribution is -0.116. The van der Waals surface area contributed by atoms with Gasteiger partial charge in [-0.25, -0.2) is 8.78 Å². The van der Waals surface area contributed by atoms with Crippen LogP contribution in [0.3, 0.4) is 0 Å². The van der Waals surface area contributed by atoms with E-state index < -0.39 is 11.6 Å². The summed E-state index contributed by atoms with van der Waals surface area (Å²) in [6.45, 7) is 3.23. The van der Waals surface area contributed by atoms with E-state index in [1.165, 1.54) is 12.1 Å². The topological polar surface area (TPSA) is 23.6 Å². The number of para-hydroxylation sites is 2. The number of halogens is 2. The molecule has 120 valence electrons. The minimum atomic E-state index is -0.578. The summed E-state index contributed by atoms with van der Waals surface area (Å²) in [6.07, 6.45) is 0.789. The molecule has 1 aliphatic heterocycles. The van der Waals surface area contributed by atoms with Gasteiger partial charge in [-0.1, -0.05) is 18.2 Å². The van der Waals surface area contributed by atoms with Crippen LogP contribution in [0, 0.1) is 11.6 Å². The van der Waals surface area contributed by atoms with E-state index in [1.807, 2.05) is 29.2 Å². The van der Waals surface area contributed by atoms with E-state index in [0.29, 0.717) is 25.2 Å². The highest BCUT2D eigenvalue weighted by atomic mass is 19.1. The van der Waals surface area contributed by atoms with Crippen LogP contribution in [0.2, 0.25) is 0 Å². The lowest BCUT2D eigenvalue weighted by Crippen LogP contribution is -2.28. The maximum Gasteiger partial charge on any atom is 0.223 e. The number of fused-ring (bicyclic) bond motifs is 1. The number of amides is 1. The summed E-state index contributed by atoms with van der Waals surface area (Å²) >= 11 is 0. The Morgan fingerprint density at radius 2 is 1.83 bits per heavy atom. The predicted octanol–water partition coefficient (Wildman–Crippen LogP) is 3.73. The normalized spacial score (nSPS) is 14.4. The van der Waals surface area contributed by atoms with Crippen molar-refractivity contribution >= 4 is 17.3 Å². The molecule has 5 heteroatoms. The molecule has 0 bridgehead atoms. The molecule has 0 atom stereocenters. The number of anilines is 2. The van der Waals surface area contributed by atoms with Gasteiger partial charge in [-0.05, 0) is 24.6 Å². The van der Waals surface area contributed by atoms with Gasteiger partial charge in [0.1, 0.15) is 11.6 Å². The van der Waals surface area contributed by atoms with Crippen LogP contribution in [0.5, 0.6) is 0 Å². The summed E-state index contributed by atoms with van der Waals surface area (Å²) < 4.78 is 27.0. The minimum absolute atomic E-state index is 0.00716. The Morgan fingerprint density at radius 1 is 1.09 bits per heavy atom. The van der Waals surface area contributed by atoms with Crippen LogP contribution >= 0.6 is 0 Å². The molecular weight excluding hydrogens is 298 g/mol. The maximum atomic E-state index is 14.0. The molecule has 1 amide bonds. The number of carbonyl (C=O) groups is 1.